The molecule has 2 aliphatic rings. The number of aromatic nitrogens is 3. The van der Waals surface area contributed by atoms with Crippen LogP contribution in [0.3, 0.4) is 0 Å². The Balaban J connectivity index is 1.83. The Hall–Kier alpha value is -1.67. The molecule has 0 atom stereocenters. The number of anilines is 2. The van der Waals surface area contributed by atoms with Crippen molar-refractivity contribution < 1.29 is 9.53 Å². The van der Waals surface area contributed by atoms with Gasteiger partial charge < -0.3 is 19.9 Å². The molecule has 0 aliphatic carbocycles. The van der Waals surface area contributed by atoms with E-state index in [4.69, 9.17) is 16.3 Å². The first-order chi connectivity index (χ1) is 9.72. The fourth-order valence-corrected chi connectivity index (χ4v) is 2.34. The van der Waals surface area contributed by atoms with Crippen LogP contribution in [0.15, 0.2) is 0 Å². The minimum absolute atomic E-state index is 0.0410. The molecule has 0 saturated carbocycles. The van der Waals surface area contributed by atoms with E-state index in [9.17, 15) is 4.79 Å². The van der Waals surface area contributed by atoms with Crippen LogP contribution in [0.25, 0.3) is 0 Å². The van der Waals surface area contributed by atoms with Crippen molar-refractivity contribution in [2.75, 3.05) is 55.7 Å². The van der Waals surface area contributed by atoms with Crippen molar-refractivity contribution in [3.63, 3.8) is 0 Å². The van der Waals surface area contributed by atoms with Crippen LogP contribution in [0.1, 0.15) is 0 Å². The highest BCUT2D eigenvalue weighted by Gasteiger charge is 2.22. The van der Waals surface area contributed by atoms with Crippen LogP contribution >= 0.6 is 11.6 Å². The summed E-state index contributed by atoms with van der Waals surface area (Å²) in [4.78, 5) is 27.9. The van der Waals surface area contributed by atoms with E-state index in [1.165, 1.54) is 0 Å². The van der Waals surface area contributed by atoms with Gasteiger partial charge >= 0.3 is 0 Å². The Bertz CT molecular complexity index is 508. The summed E-state index contributed by atoms with van der Waals surface area (Å²) in [6.45, 7) is 4.21. The van der Waals surface area contributed by atoms with Crippen LogP contribution in [0.2, 0.25) is 5.28 Å². The SMILES string of the molecule is O=C1CN(c2nc(Cl)nc(N3CCOCC3)n2)CCN1. The van der Waals surface area contributed by atoms with Crippen LogP contribution in [-0.2, 0) is 9.53 Å². The van der Waals surface area contributed by atoms with Crippen molar-refractivity contribution >= 4 is 29.4 Å². The van der Waals surface area contributed by atoms with Crippen molar-refractivity contribution in [1.29, 1.82) is 0 Å². The summed E-state index contributed by atoms with van der Waals surface area (Å²) in [7, 11) is 0. The number of piperazine rings is 1. The first-order valence-electron chi connectivity index (χ1n) is 6.48. The van der Waals surface area contributed by atoms with E-state index in [-0.39, 0.29) is 17.7 Å². The van der Waals surface area contributed by atoms with Crippen molar-refractivity contribution in [2.24, 2.45) is 0 Å². The minimum atomic E-state index is -0.0410. The van der Waals surface area contributed by atoms with E-state index < -0.39 is 0 Å². The standard InChI is InChI=1S/C11H15ClN6O2/c12-9-14-10(17-3-5-20-6-4-17)16-11(15-9)18-2-1-13-8(19)7-18/h1-7H2,(H,13,19). The van der Waals surface area contributed by atoms with Crippen LogP contribution in [-0.4, -0.2) is 66.8 Å². The predicted octanol–water partition coefficient (Wildman–Crippen LogP) is -0.702. The number of amides is 1. The maximum Gasteiger partial charge on any atom is 0.239 e. The Morgan fingerprint density at radius 2 is 1.75 bits per heavy atom. The monoisotopic (exact) mass is 298 g/mol. The Labute approximate surface area is 121 Å². The Morgan fingerprint density at radius 1 is 1.05 bits per heavy atom. The van der Waals surface area contributed by atoms with Gasteiger partial charge in [0.15, 0.2) is 0 Å². The van der Waals surface area contributed by atoms with E-state index >= 15 is 0 Å². The van der Waals surface area contributed by atoms with E-state index in [0.717, 1.165) is 13.1 Å². The van der Waals surface area contributed by atoms with E-state index in [1.807, 2.05) is 4.90 Å². The molecule has 9 heteroatoms. The van der Waals surface area contributed by atoms with Crippen LogP contribution in [0, 0.1) is 0 Å². The lowest BCUT2D eigenvalue weighted by atomic mass is 10.4. The first kappa shape index (κ1) is 13.3. The lowest BCUT2D eigenvalue weighted by Gasteiger charge is -2.29. The zero-order chi connectivity index (χ0) is 13.9. The first-order valence-corrected chi connectivity index (χ1v) is 6.86. The zero-order valence-electron chi connectivity index (χ0n) is 10.9. The summed E-state index contributed by atoms with van der Waals surface area (Å²) in [5.41, 5.74) is 0. The lowest BCUT2D eigenvalue weighted by molar-refractivity contribution is -0.120. The molecule has 0 spiro atoms. The molecule has 0 radical (unpaired) electrons. The largest absolute Gasteiger partial charge is 0.378 e. The molecular formula is C11H15ClN6O2. The molecule has 1 N–H and O–H groups in total. The summed E-state index contributed by atoms with van der Waals surface area (Å²) >= 11 is 5.98. The third-order valence-electron chi connectivity index (χ3n) is 3.20. The smallest absolute Gasteiger partial charge is 0.239 e. The fourth-order valence-electron chi connectivity index (χ4n) is 2.18. The van der Waals surface area contributed by atoms with Gasteiger partial charge in [-0.15, -0.1) is 0 Å². The Morgan fingerprint density at radius 3 is 2.45 bits per heavy atom. The molecule has 0 aromatic carbocycles. The predicted molar refractivity (Wildman–Crippen MR) is 73.1 cm³/mol. The molecule has 1 aromatic heterocycles. The quantitative estimate of drug-likeness (QED) is 0.773. The molecule has 20 heavy (non-hydrogen) atoms. The Kier molecular flexibility index (Phi) is 3.83. The lowest BCUT2D eigenvalue weighted by Crippen LogP contribution is -2.48. The number of hydrogen-bond donors (Lipinski definition) is 1. The number of carbonyl (C=O) groups excluding carboxylic acids is 1. The summed E-state index contributed by atoms with van der Waals surface area (Å²) in [6.07, 6.45) is 0. The minimum Gasteiger partial charge on any atom is -0.378 e. The second-order valence-corrected chi connectivity index (χ2v) is 4.91. The van der Waals surface area contributed by atoms with Gasteiger partial charge in [0.1, 0.15) is 0 Å². The highest BCUT2D eigenvalue weighted by molar-refractivity contribution is 6.28. The van der Waals surface area contributed by atoms with E-state index in [2.05, 4.69) is 20.3 Å². The van der Waals surface area contributed by atoms with Crippen molar-refractivity contribution in [1.82, 2.24) is 20.3 Å². The highest BCUT2D eigenvalue weighted by Crippen LogP contribution is 2.18. The number of ether oxygens (including phenoxy) is 1. The highest BCUT2D eigenvalue weighted by atomic mass is 35.5. The molecule has 1 aromatic rings. The number of rotatable bonds is 2. The number of carbonyl (C=O) groups is 1. The molecule has 1 amide bonds. The number of nitrogens with zero attached hydrogens (tertiary/aromatic N) is 5. The molecule has 0 bridgehead atoms. The van der Waals surface area contributed by atoms with Crippen LogP contribution in [0.5, 0.6) is 0 Å². The van der Waals surface area contributed by atoms with Gasteiger partial charge in [0, 0.05) is 26.2 Å². The molecule has 2 saturated heterocycles. The maximum absolute atomic E-state index is 11.4. The molecule has 2 fully saturated rings. The maximum atomic E-state index is 11.4. The number of halogens is 1. The molecule has 3 rings (SSSR count). The number of hydrogen-bond acceptors (Lipinski definition) is 7. The summed E-state index contributed by atoms with van der Waals surface area (Å²) in [6, 6.07) is 0. The third-order valence-corrected chi connectivity index (χ3v) is 3.37. The molecule has 3 heterocycles. The number of nitrogens with one attached hydrogen (secondary N) is 1. The molecular weight excluding hydrogens is 284 g/mol. The van der Waals surface area contributed by atoms with E-state index in [1.54, 1.807) is 4.90 Å². The topological polar surface area (TPSA) is 83.5 Å². The van der Waals surface area contributed by atoms with Gasteiger partial charge in [-0.1, -0.05) is 0 Å². The fraction of sp³-hybridized carbons (Fsp3) is 0.636. The number of morpholine rings is 1. The van der Waals surface area contributed by atoms with Gasteiger partial charge in [0.2, 0.25) is 23.1 Å². The second kappa shape index (κ2) is 5.76. The molecule has 2 aliphatic heterocycles. The normalized spacial score (nSPS) is 19.9. The van der Waals surface area contributed by atoms with Gasteiger partial charge in [0.05, 0.1) is 19.8 Å². The average Bonchev–Trinajstić information content (AvgIpc) is 2.47. The van der Waals surface area contributed by atoms with Crippen molar-refractivity contribution in [3.8, 4) is 0 Å². The summed E-state index contributed by atoms with van der Waals surface area (Å²) < 4.78 is 5.30. The van der Waals surface area contributed by atoms with Gasteiger partial charge in [-0.05, 0) is 11.6 Å². The van der Waals surface area contributed by atoms with Crippen molar-refractivity contribution in [2.45, 2.75) is 0 Å². The van der Waals surface area contributed by atoms with Gasteiger partial charge in [-0.25, -0.2) is 0 Å². The zero-order valence-corrected chi connectivity index (χ0v) is 11.6. The van der Waals surface area contributed by atoms with E-state index in [0.29, 0.717) is 38.2 Å². The van der Waals surface area contributed by atoms with Gasteiger partial charge in [-0.3, -0.25) is 4.79 Å². The second-order valence-electron chi connectivity index (χ2n) is 4.58. The molecule has 0 unspecified atom stereocenters. The van der Waals surface area contributed by atoms with Gasteiger partial charge in [0.25, 0.3) is 0 Å². The third kappa shape index (κ3) is 2.91. The average molecular weight is 299 g/mol. The van der Waals surface area contributed by atoms with Crippen LogP contribution < -0.4 is 15.1 Å². The van der Waals surface area contributed by atoms with Gasteiger partial charge in [-0.2, -0.15) is 15.0 Å². The van der Waals surface area contributed by atoms with Crippen LogP contribution in [0.4, 0.5) is 11.9 Å². The summed E-state index contributed by atoms with van der Waals surface area (Å²) in [5, 5.41) is 2.90. The summed E-state index contributed by atoms with van der Waals surface area (Å²) in [5.74, 6) is 0.941. The molecule has 108 valence electrons. The molecule has 8 nitrogen and oxygen atoms in total. The van der Waals surface area contributed by atoms with Crippen molar-refractivity contribution in [3.05, 3.63) is 5.28 Å².